The maximum atomic E-state index is 13.4. The largest absolute Gasteiger partial charge is 0.385 e. The Bertz CT molecular complexity index is 515. The Labute approximate surface area is 138 Å². The van der Waals surface area contributed by atoms with E-state index in [1.165, 1.54) is 6.07 Å². The van der Waals surface area contributed by atoms with Crippen LogP contribution >= 0.6 is 0 Å². The molecule has 0 atom stereocenters. The second-order valence-corrected chi connectivity index (χ2v) is 6.20. The molecule has 1 aromatic rings. The van der Waals surface area contributed by atoms with E-state index >= 15 is 0 Å². The zero-order valence-corrected chi connectivity index (χ0v) is 14.2. The molecular weight excluding hydrogens is 293 g/mol. The number of benzene rings is 1. The fourth-order valence-electron chi connectivity index (χ4n) is 2.77. The predicted molar refractivity (Wildman–Crippen MR) is 92.4 cm³/mol. The van der Waals surface area contributed by atoms with Gasteiger partial charge >= 0.3 is 0 Å². The van der Waals surface area contributed by atoms with E-state index in [0.29, 0.717) is 0 Å². The van der Waals surface area contributed by atoms with Crippen LogP contribution in [-0.4, -0.2) is 39.8 Å². The average Bonchev–Trinajstić information content (AvgIpc) is 3.35. The van der Waals surface area contributed by atoms with Crippen LogP contribution < -0.4 is 10.6 Å². The summed E-state index contributed by atoms with van der Waals surface area (Å²) in [6, 6.07) is 6.96. The summed E-state index contributed by atoms with van der Waals surface area (Å²) in [5.74, 6) is 0.659. The minimum absolute atomic E-state index is 0.0676. The Morgan fingerprint density at radius 1 is 1.26 bits per heavy atom. The van der Waals surface area contributed by atoms with Gasteiger partial charge in [-0.15, -0.1) is 0 Å². The zero-order chi connectivity index (χ0) is 16.5. The Morgan fingerprint density at radius 3 is 2.74 bits per heavy atom. The molecule has 0 radical (unpaired) electrons. The topological polar surface area (TPSA) is 45.7 Å². The van der Waals surface area contributed by atoms with Gasteiger partial charge in [0.1, 0.15) is 5.82 Å². The minimum atomic E-state index is -0.160. The van der Waals surface area contributed by atoms with Gasteiger partial charge in [-0.3, -0.25) is 4.99 Å². The van der Waals surface area contributed by atoms with Crippen LogP contribution in [0.1, 0.15) is 37.7 Å². The molecular formula is C18H28FN3O. The van der Waals surface area contributed by atoms with E-state index in [1.807, 2.05) is 6.07 Å². The van der Waals surface area contributed by atoms with E-state index in [1.54, 1.807) is 26.3 Å². The molecule has 2 rings (SSSR count). The first-order valence-corrected chi connectivity index (χ1v) is 8.40. The van der Waals surface area contributed by atoms with Gasteiger partial charge in [0.15, 0.2) is 5.96 Å². The fourth-order valence-corrected chi connectivity index (χ4v) is 2.77. The number of halogens is 1. The van der Waals surface area contributed by atoms with E-state index in [0.717, 1.165) is 63.3 Å². The van der Waals surface area contributed by atoms with Crippen molar-refractivity contribution in [1.82, 2.24) is 10.6 Å². The van der Waals surface area contributed by atoms with E-state index in [4.69, 9.17) is 4.74 Å². The summed E-state index contributed by atoms with van der Waals surface area (Å²) in [5.41, 5.74) is 1.15. The first-order chi connectivity index (χ1) is 11.2. The number of nitrogens with one attached hydrogen (secondary N) is 2. The molecule has 0 bridgehead atoms. The van der Waals surface area contributed by atoms with E-state index in [2.05, 4.69) is 15.6 Å². The van der Waals surface area contributed by atoms with Crippen molar-refractivity contribution in [2.24, 2.45) is 4.99 Å². The van der Waals surface area contributed by atoms with Crippen LogP contribution in [0, 0.1) is 5.82 Å². The highest BCUT2D eigenvalue weighted by atomic mass is 19.1. The third-order valence-electron chi connectivity index (χ3n) is 4.43. The minimum Gasteiger partial charge on any atom is -0.385 e. The normalized spacial score (nSPS) is 16.2. The standard InChI is InChI=1S/C18H28FN3O/c1-20-17(21-11-4-3-5-12-23-2)22-14-18(9-10-18)15-7-6-8-16(19)13-15/h6-8,13H,3-5,9-12,14H2,1-2H3,(H2,20,21,22). The van der Waals surface area contributed by atoms with Gasteiger partial charge in [-0.25, -0.2) is 4.39 Å². The summed E-state index contributed by atoms with van der Waals surface area (Å²) in [5, 5.41) is 6.72. The highest BCUT2D eigenvalue weighted by molar-refractivity contribution is 5.79. The summed E-state index contributed by atoms with van der Waals surface area (Å²) in [7, 11) is 3.51. The molecule has 0 aromatic heterocycles. The zero-order valence-electron chi connectivity index (χ0n) is 14.2. The fraction of sp³-hybridized carbons (Fsp3) is 0.611. The van der Waals surface area contributed by atoms with E-state index in [-0.39, 0.29) is 11.2 Å². The van der Waals surface area contributed by atoms with Crippen LogP contribution in [0.3, 0.4) is 0 Å². The molecule has 1 aliphatic carbocycles. The Balaban J connectivity index is 1.73. The quantitative estimate of drug-likeness (QED) is 0.418. The number of aliphatic imine (C=N–C) groups is 1. The molecule has 0 unspecified atom stereocenters. The molecule has 1 aliphatic rings. The molecule has 0 aliphatic heterocycles. The van der Waals surface area contributed by atoms with Gasteiger partial charge in [0.25, 0.3) is 0 Å². The lowest BCUT2D eigenvalue weighted by atomic mass is 9.96. The lowest BCUT2D eigenvalue weighted by Crippen LogP contribution is -2.41. The summed E-state index contributed by atoms with van der Waals surface area (Å²) in [4.78, 5) is 4.26. The summed E-state index contributed by atoms with van der Waals surface area (Å²) < 4.78 is 18.5. The third kappa shape index (κ3) is 5.50. The smallest absolute Gasteiger partial charge is 0.191 e. The number of hydrogen-bond acceptors (Lipinski definition) is 2. The number of hydrogen-bond donors (Lipinski definition) is 2. The number of nitrogens with zero attached hydrogens (tertiary/aromatic N) is 1. The number of guanidine groups is 1. The molecule has 1 aromatic carbocycles. The van der Waals surface area contributed by atoms with Crippen molar-refractivity contribution in [1.29, 1.82) is 0 Å². The SMILES string of the molecule is CN=C(NCCCCCOC)NCC1(c2cccc(F)c2)CC1. The van der Waals surface area contributed by atoms with Gasteiger partial charge in [0.05, 0.1) is 0 Å². The molecule has 0 heterocycles. The van der Waals surface area contributed by atoms with E-state index in [9.17, 15) is 4.39 Å². The average molecular weight is 321 g/mol. The van der Waals surface area contributed by atoms with Gasteiger partial charge in [-0.2, -0.15) is 0 Å². The van der Waals surface area contributed by atoms with Gasteiger partial charge in [0.2, 0.25) is 0 Å². The van der Waals surface area contributed by atoms with Crippen LogP contribution in [0.15, 0.2) is 29.3 Å². The number of rotatable bonds is 9. The van der Waals surface area contributed by atoms with Crippen LogP contribution in [-0.2, 0) is 10.2 Å². The molecule has 1 fully saturated rings. The molecule has 128 valence electrons. The highest BCUT2D eigenvalue weighted by Gasteiger charge is 2.44. The number of unbranched alkanes of at least 4 members (excludes halogenated alkanes) is 2. The third-order valence-corrected chi connectivity index (χ3v) is 4.43. The predicted octanol–water partition coefficient (Wildman–Crippen LogP) is 2.84. The van der Waals surface area contributed by atoms with Crippen molar-refractivity contribution >= 4 is 5.96 Å². The van der Waals surface area contributed by atoms with Crippen molar-refractivity contribution in [3.63, 3.8) is 0 Å². The highest BCUT2D eigenvalue weighted by Crippen LogP contribution is 2.47. The molecule has 23 heavy (non-hydrogen) atoms. The molecule has 1 saturated carbocycles. The van der Waals surface area contributed by atoms with Crippen LogP contribution in [0.5, 0.6) is 0 Å². The van der Waals surface area contributed by atoms with Crippen LogP contribution in [0.4, 0.5) is 4.39 Å². The molecule has 4 nitrogen and oxygen atoms in total. The van der Waals surface area contributed by atoms with Crippen molar-refractivity contribution in [2.75, 3.05) is 33.9 Å². The maximum absolute atomic E-state index is 13.4. The number of ether oxygens (including phenoxy) is 1. The van der Waals surface area contributed by atoms with Crippen LogP contribution in [0.2, 0.25) is 0 Å². The molecule has 2 N–H and O–H groups in total. The van der Waals surface area contributed by atoms with E-state index < -0.39 is 0 Å². The maximum Gasteiger partial charge on any atom is 0.191 e. The Kier molecular flexibility index (Phi) is 6.84. The second-order valence-electron chi connectivity index (χ2n) is 6.20. The Morgan fingerprint density at radius 2 is 2.09 bits per heavy atom. The van der Waals surface area contributed by atoms with Crippen LogP contribution in [0.25, 0.3) is 0 Å². The lowest BCUT2D eigenvalue weighted by Gasteiger charge is -2.19. The monoisotopic (exact) mass is 321 g/mol. The summed E-state index contributed by atoms with van der Waals surface area (Å²) in [6.45, 7) is 2.51. The van der Waals surface area contributed by atoms with Crippen molar-refractivity contribution in [3.05, 3.63) is 35.6 Å². The molecule has 0 saturated heterocycles. The molecule has 0 amide bonds. The summed E-state index contributed by atoms with van der Waals surface area (Å²) in [6.07, 6.45) is 5.52. The first kappa shape index (κ1) is 17.7. The van der Waals surface area contributed by atoms with Gasteiger partial charge < -0.3 is 15.4 Å². The lowest BCUT2D eigenvalue weighted by molar-refractivity contribution is 0.192. The summed E-state index contributed by atoms with van der Waals surface area (Å²) >= 11 is 0. The second kappa shape index (κ2) is 8.87. The van der Waals surface area contributed by atoms with Gasteiger partial charge in [0, 0.05) is 39.3 Å². The molecule has 5 heteroatoms. The van der Waals surface area contributed by atoms with Gasteiger partial charge in [-0.05, 0) is 49.8 Å². The van der Waals surface area contributed by atoms with Crippen molar-refractivity contribution in [3.8, 4) is 0 Å². The van der Waals surface area contributed by atoms with Gasteiger partial charge in [-0.1, -0.05) is 12.1 Å². The Hall–Kier alpha value is -1.62. The van der Waals surface area contributed by atoms with Crippen molar-refractivity contribution < 1.29 is 9.13 Å². The number of methoxy groups -OCH3 is 1. The van der Waals surface area contributed by atoms with Crippen molar-refractivity contribution in [2.45, 2.75) is 37.5 Å². The molecule has 0 spiro atoms. The first-order valence-electron chi connectivity index (χ1n) is 8.40.